The Morgan fingerprint density at radius 1 is 0.403 bits per heavy atom. The van der Waals surface area contributed by atoms with Crippen LogP contribution in [0.2, 0.25) is 0 Å². The highest BCUT2D eigenvalue weighted by Crippen LogP contribution is 2.39. The first-order valence-electron chi connectivity index (χ1n) is 41.4. The molecule has 4 aromatic heterocycles. The number of para-hydroxylation sites is 1. The highest BCUT2D eigenvalue weighted by atomic mass is 19.1. The fourth-order valence-electron chi connectivity index (χ4n) is 15.3. The molecule has 8 aromatic carbocycles. The quantitative estimate of drug-likeness (QED) is 0.0236. The number of methoxy groups -OCH3 is 1. The SMILES string of the molecule is COc1ccccc1C(=O)NCc1cc(-c2nn(C3CCCC3)c(N)c2C(N)=O)ccc1F.Cc1ccc(F)cc1C(=O)NCc1ccc(-c2nn(C(C)C)c(N)c2C(N)=O)cc1.Cc1ccc(F)cc1C(=O)NCc1ccc(-c2nn(C3CCOC3)c(N)c2C(N)=O)cc1F.Cc1ccccc1C(=O)NCc1ccc(-c2nn(C3CCCOC3)c(N)c2C(N)=O)cc1F. The standard InChI is InChI=1S/2C24H26FN5O3.C23H23F2N5O3.C22H24FN5O2/c1-33-19-9-5-4-8-17(19)24(32)28-13-15-12-14(10-11-18(15)25)21-20(23(27)31)22(26)30(29-21)16-6-2-3-7-16;1-14-5-2-3-7-18(14)24(32)28-12-16-9-8-15(11-19(16)25)21-20(23(27)31)22(26)30(29-21)17-6-4-10-33-13-17;1-12-2-5-15(24)9-17(12)23(32)28-10-14-4-3-13(8-18(14)25)20-19(22(27)31)21(26)30(29-20)16-6-7-33-11-16;1-12(2)28-20(24)18(21(25)29)19(27-28)15-7-5-14(6-8-15)11-26-22(30)17-10-16(23)9-4-13(17)3/h4-5,8-12,16H,2-3,6-7,13,26H2,1H3,(H2,27,31)(H,28,32);2-3,5,7-9,11,17H,4,6,10,12-13,26H2,1H3,(H2,27,31)(H,28,32);2-5,8-9,16H,6-7,10-11,26H2,1H3,(H2,27,31)(H,28,32);4-10,12H,11,24H2,1-3H3,(H2,25,29)(H,26,30). The second kappa shape index (κ2) is 41.4. The Hall–Kier alpha value is -15.1. The minimum atomic E-state index is -0.769. The molecule has 36 heteroatoms. The van der Waals surface area contributed by atoms with Crippen molar-refractivity contribution < 1.29 is 74.5 Å². The Bertz CT molecular complexity index is 6230. The zero-order valence-corrected chi connectivity index (χ0v) is 71.6. The Balaban J connectivity index is 0.000000156. The molecule has 0 radical (unpaired) electrons. The monoisotopic (exact) mass is 1770 g/mol. The van der Waals surface area contributed by atoms with Gasteiger partial charge in [-0.2, -0.15) is 20.4 Å². The summed E-state index contributed by atoms with van der Waals surface area (Å²) < 4.78 is 93.5. The Labute approximate surface area is 738 Å². The van der Waals surface area contributed by atoms with Gasteiger partial charge in [0.2, 0.25) is 0 Å². The van der Waals surface area contributed by atoms with Crippen molar-refractivity contribution in [3.63, 3.8) is 0 Å². The third kappa shape index (κ3) is 21.6. The number of nitrogens with zero attached hydrogens (tertiary/aromatic N) is 8. The van der Waals surface area contributed by atoms with Gasteiger partial charge in [-0.15, -0.1) is 0 Å². The van der Waals surface area contributed by atoms with E-state index in [0.29, 0.717) is 106 Å². The third-order valence-electron chi connectivity index (χ3n) is 22.3. The van der Waals surface area contributed by atoms with Crippen molar-refractivity contribution in [1.82, 2.24) is 60.4 Å². The zero-order valence-electron chi connectivity index (χ0n) is 71.6. The molecule has 2 atom stereocenters. The fourth-order valence-corrected chi connectivity index (χ4v) is 15.3. The number of amides is 8. The van der Waals surface area contributed by atoms with Crippen LogP contribution in [-0.4, -0.2) is 120 Å². The van der Waals surface area contributed by atoms with Crippen LogP contribution in [0.5, 0.6) is 5.75 Å². The summed E-state index contributed by atoms with van der Waals surface area (Å²) in [6.45, 7) is 11.2. The predicted octanol–water partition coefficient (Wildman–Crippen LogP) is 12.3. The van der Waals surface area contributed by atoms with E-state index in [1.54, 1.807) is 107 Å². The first-order valence-corrected chi connectivity index (χ1v) is 41.4. The van der Waals surface area contributed by atoms with Crippen molar-refractivity contribution in [1.29, 1.82) is 0 Å². The van der Waals surface area contributed by atoms with Gasteiger partial charge in [-0.3, -0.25) is 38.4 Å². The number of rotatable bonds is 25. The molecule has 2 unspecified atom stereocenters. The molecule has 3 fully saturated rings. The molecule has 6 heterocycles. The molecule has 0 bridgehead atoms. The van der Waals surface area contributed by atoms with Gasteiger partial charge in [-0.05, 0) is 162 Å². The Kier molecular flexibility index (Phi) is 29.9. The molecular weight excluding hydrogens is 1670 g/mol. The number of aromatic nitrogens is 8. The van der Waals surface area contributed by atoms with Gasteiger partial charge in [0.25, 0.3) is 47.3 Å². The third-order valence-corrected chi connectivity index (χ3v) is 22.3. The highest BCUT2D eigenvalue weighted by molar-refractivity contribution is 6.06. The number of nitrogens with one attached hydrogen (secondary N) is 4. The second-order valence-electron chi connectivity index (χ2n) is 31.4. The van der Waals surface area contributed by atoms with Gasteiger partial charge in [-0.1, -0.05) is 104 Å². The molecule has 0 spiro atoms. The Morgan fingerprint density at radius 2 is 0.798 bits per heavy atom. The van der Waals surface area contributed by atoms with Gasteiger partial charge in [-0.25, -0.2) is 40.7 Å². The first kappa shape index (κ1) is 93.1. The van der Waals surface area contributed by atoms with Gasteiger partial charge in [0, 0.05) is 101 Å². The van der Waals surface area contributed by atoms with Crippen LogP contribution in [0.25, 0.3) is 45.0 Å². The Morgan fingerprint density at radius 3 is 1.26 bits per heavy atom. The summed E-state index contributed by atoms with van der Waals surface area (Å²) in [5.41, 5.74) is 55.3. The van der Waals surface area contributed by atoms with Crippen LogP contribution in [0, 0.1) is 49.9 Å². The molecule has 672 valence electrons. The van der Waals surface area contributed by atoms with Crippen molar-refractivity contribution in [3.8, 4) is 50.8 Å². The molecule has 8 amide bonds. The number of nitrogen functional groups attached to an aromatic ring is 4. The van der Waals surface area contributed by atoms with Crippen molar-refractivity contribution in [3.05, 3.63) is 276 Å². The number of carbonyl (C=O) groups excluding carboxylic acids is 8. The fraction of sp³-hybridized carbons (Fsp3) is 0.269. The van der Waals surface area contributed by atoms with Gasteiger partial charge in [0.1, 0.15) is 103 Å². The molecule has 1 aliphatic carbocycles. The van der Waals surface area contributed by atoms with E-state index in [2.05, 4.69) is 41.7 Å². The second-order valence-corrected chi connectivity index (χ2v) is 31.4. The molecule has 31 nitrogen and oxygen atoms in total. The smallest absolute Gasteiger partial charge is 0.255 e. The summed E-state index contributed by atoms with van der Waals surface area (Å²) >= 11 is 0. The van der Waals surface area contributed by atoms with E-state index in [1.807, 2.05) is 45.0 Å². The number of benzene rings is 8. The lowest BCUT2D eigenvalue weighted by molar-refractivity contribution is 0.0558. The molecule has 3 aliphatic rings. The van der Waals surface area contributed by atoms with Crippen LogP contribution in [0.4, 0.5) is 45.2 Å². The van der Waals surface area contributed by atoms with E-state index in [1.165, 1.54) is 66.4 Å². The van der Waals surface area contributed by atoms with Crippen LogP contribution in [0.1, 0.15) is 205 Å². The lowest BCUT2D eigenvalue weighted by atomic mass is 10.0. The summed E-state index contributed by atoms with van der Waals surface area (Å²) in [5.74, 6) is -5.91. The molecule has 2 aliphatic heterocycles. The van der Waals surface area contributed by atoms with E-state index in [9.17, 15) is 60.3 Å². The number of ether oxygens (including phenoxy) is 3. The average Bonchev–Trinajstić information content (AvgIpc) is 1.64. The van der Waals surface area contributed by atoms with E-state index in [4.69, 9.17) is 60.1 Å². The number of carbonyl (C=O) groups is 8. The maximum absolute atomic E-state index is 14.9. The summed E-state index contributed by atoms with van der Waals surface area (Å²) in [6.07, 6.45) is 6.32. The van der Waals surface area contributed by atoms with Crippen LogP contribution < -0.4 is 71.9 Å². The van der Waals surface area contributed by atoms with Crippen LogP contribution >= 0.6 is 0 Å². The van der Waals surface area contributed by atoms with Crippen LogP contribution in [0.3, 0.4) is 0 Å². The highest BCUT2D eigenvalue weighted by Gasteiger charge is 2.33. The number of aryl methyl sites for hydroxylation is 3. The molecule has 2 saturated heterocycles. The van der Waals surface area contributed by atoms with Gasteiger partial charge >= 0.3 is 0 Å². The molecular formula is C93H99F5N20O11. The summed E-state index contributed by atoms with van der Waals surface area (Å²) in [5, 5.41) is 28.8. The van der Waals surface area contributed by atoms with E-state index < -0.39 is 64.5 Å². The lowest BCUT2D eigenvalue weighted by Crippen LogP contribution is -2.24. The maximum Gasteiger partial charge on any atom is 0.255 e. The normalized spacial score (nSPS) is 14.1. The molecule has 129 heavy (non-hydrogen) atoms. The van der Waals surface area contributed by atoms with Crippen molar-refractivity contribution in [2.45, 2.75) is 130 Å². The number of halogens is 5. The van der Waals surface area contributed by atoms with Crippen molar-refractivity contribution >= 4 is 70.5 Å². The van der Waals surface area contributed by atoms with Gasteiger partial charge < -0.3 is 81.3 Å². The molecule has 1 saturated carbocycles. The predicted molar refractivity (Wildman–Crippen MR) is 475 cm³/mol. The summed E-state index contributed by atoms with van der Waals surface area (Å²) in [6, 6.07) is 42.0. The lowest BCUT2D eigenvalue weighted by Gasteiger charge is -2.23. The maximum atomic E-state index is 14.9. The average molecular weight is 1770 g/mol. The first-order chi connectivity index (χ1) is 61.7. The number of hydrogen-bond donors (Lipinski definition) is 12. The molecule has 20 N–H and O–H groups in total. The van der Waals surface area contributed by atoms with Crippen LogP contribution in [0.15, 0.2) is 164 Å². The number of anilines is 4. The minimum absolute atomic E-state index is 0.0119. The van der Waals surface area contributed by atoms with Crippen molar-refractivity contribution in [2.24, 2.45) is 22.9 Å². The van der Waals surface area contributed by atoms with Crippen LogP contribution in [-0.2, 0) is 35.7 Å². The molecule has 15 rings (SSSR count). The zero-order chi connectivity index (χ0) is 92.8. The van der Waals surface area contributed by atoms with E-state index in [-0.39, 0.29) is 136 Å². The molecule has 12 aromatic rings. The number of hydrogen-bond acceptors (Lipinski definition) is 19. The van der Waals surface area contributed by atoms with E-state index >= 15 is 0 Å². The summed E-state index contributed by atoms with van der Waals surface area (Å²) in [4.78, 5) is 98.0. The van der Waals surface area contributed by atoms with E-state index in [0.717, 1.165) is 55.7 Å². The summed E-state index contributed by atoms with van der Waals surface area (Å²) in [7, 11) is 1.47. The number of nitrogens with two attached hydrogens (primary N) is 8. The minimum Gasteiger partial charge on any atom is -0.496 e. The van der Waals surface area contributed by atoms with Gasteiger partial charge in [0.15, 0.2) is 0 Å². The number of primary amides is 4. The largest absolute Gasteiger partial charge is 0.496 e. The van der Waals surface area contributed by atoms with Crippen molar-refractivity contribution in [2.75, 3.05) is 56.5 Å². The van der Waals surface area contributed by atoms with Gasteiger partial charge in [0.05, 0.1) is 44.0 Å². The topological polar surface area (TPSA) is 492 Å².